The van der Waals surface area contributed by atoms with E-state index in [2.05, 4.69) is 45.6 Å². The number of aromatic nitrogens is 6. The van der Waals surface area contributed by atoms with E-state index in [4.69, 9.17) is 0 Å². The van der Waals surface area contributed by atoms with Crippen molar-refractivity contribution in [3.8, 4) is 0 Å². The first-order valence-corrected chi connectivity index (χ1v) is 5.11. The molecule has 0 radical (unpaired) electrons. The van der Waals surface area contributed by atoms with Crippen molar-refractivity contribution < 1.29 is 0 Å². The number of hydrogen-bond acceptors (Lipinski definition) is 4. The van der Waals surface area contributed by atoms with Crippen LogP contribution < -0.4 is 0 Å². The normalized spacial score (nSPS) is 10.8. The third-order valence-electron chi connectivity index (χ3n) is 2.30. The van der Waals surface area contributed by atoms with Crippen LogP contribution in [0.1, 0.15) is 31.1 Å². The number of aryl methyl sites for hydroxylation is 2. The van der Waals surface area contributed by atoms with Gasteiger partial charge in [0.15, 0.2) is 5.82 Å². The van der Waals surface area contributed by atoms with Crippen LogP contribution in [0.2, 0.25) is 0 Å². The molecule has 2 aromatic rings. The third kappa shape index (κ3) is 2.03. The summed E-state index contributed by atoms with van der Waals surface area (Å²) in [5.41, 5.74) is 2.24. The molecule has 80 valence electrons. The summed E-state index contributed by atoms with van der Waals surface area (Å²) in [5, 5.41) is 18.3. The van der Waals surface area contributed by atoms with Crippen molar-refractivity contribution in [2.75, 3.05) is 0 Å². The number of tetrazole rings is 1. The van der Waals surface area contributed by atoms with E-state index in [1.807, 2.05) is 4.68 Å². The van der Waals surface area contributed by atoms with Crippen LogP contribution in [0.5, 0.6) is 0 Å². The fourth-order valence-corrected chi connectivity index (χ4v) is 1.52. The summed E-state index contributed by atoms with van der Waals surface area (Å²) in [5.74, 6) is 0.701. The maximum Gasteiger partial charge on any atom is 0.180 e. The van der Waals surface area contributed by atoms with Gasteiger partial charge in [0.25, 0.3) is 0 Å². The average Bonchev–Trinajstić information content (AvgIpc) is 2.87. The lowest BCUT2D eigenvalue weighted by Crippen LogP contribution is -2.04. The van der Waals surface area contributed by atoms with Gasteiger partial charge in [-0.15, -0.1) is 10.2 Å². The molecule has 0 spiro atoms. The third-order valence-corrected chi connectivity index (χ3v) is 2.30. The van der Waals surface area contributed by atoms with Gasteiger partial charge in [0.2, 0.25) is 0 Å². The van der Waals surface area contributed by atoms with E-state index in [-0.39, 0.29) is 0 Å². The van der Waals surface area contributed by atoms with Gasteiger partial charge < -0.3 is 0 Å². The minimum absolute atomic E-state index is 0.678. The molecule has 2 aromatic heterocycles. The molecule has 0 atom stereocenters. The zero-order valence-corrected chi connectivity index (χ0v) is 8.93. The van der Waals surface area contributed by atoms with Gasteiger partial charge in [-0.1, -0.05) is 12.1 Å². The Balaban J connectivity index is 2.23. The summed E-state index contributed by atoms with van der Waals surface area (Å²) < 4.78 is 1.98. The van der Waals surface area contributed by atoms with Gasteiger partial charge in [-0.05, 0) is 19.4 Å². The Kier molecular flexibility index (Phi) is 2.75. The van der Waals surface area contributed by atoms with Crippen molar-refractivity contribution in [1.82, 2.24) is 30.4 Å². The van der Waals surface area contributed by atoms with E-state index in [0.717, 1.165) is 24.4 Å². The molecule has 6 heteroatoms. The smallest absolute Gasteiger partial charge is 0.180 e. The number of H-pyrrole nitrogens is 1. The Bertz CT molecular complexity index is 416. The van der Waals surface area contributed by atoms with Gasteiger partial charge in [0.1, 0.15) is 0 Å². The fourth-order valence-electron chi connectivity index (χ4n) is 1.52. The van der Waals surface area contributed by atoms with Crippen molar-refractivity contribution in [2.24, 2.45) is 0 Å². The minimum atomic E-state index is 0.678. The largest absolute Gasteiger partial charge is 0.269 e. The van der Waals surface area contributed by atoms with Crippen LogP contribution in [0.15, 0.2) is 6.07 Å². The average molecular weight is 206 g/mol. The summed E-state index contributed by atoms with van der Waals surface area (Å²) in [6.07, 6.45) is 1.63. The summed E-state index contributed by atoms with van der Waals surface area (Å²) in [6, 6.07) is 2.10. The lowest BCUT2D eigenvalue weighted by atomic mass is 10.2. The lowest BCUT2D eigenvalue weighted by molar-refractivity contribution is 0.618. The van der Waals surface area contributed by atoms with Gasteiger partial charge in [0, 0.05) is 12.2 Å². The fraction of sp³-hybridized carbons (Fsp3) is 0.556. The molecule has 0 aromatic carbocycles. The molecule has 6 nitrogen and oxygen atoms in total. The molecule has 0 aliphatic heterocycles. The lowest BCUT2D eigenvalue weighted by Gasteiger charge is -2.00. The molecule has 1 N–H and O–H groups in total. The summed E-state index contributed by atoms with van der Waals surface area (Å²) in [7, 11) is 0. The molecule has 0 saturated heterocycles. The van der Waals surface area contributed by atoms with Crippen molar-refractivity contribution in [1.29, 1.82) is 0 Å². The van der Waals surface area contributed by atoms with E-state index < -0.39 is 0 Å². The molecular weight excluding hydrogens is 192 g/mol. The van der Waals surface area contributed by atoms with E-state index in [0.29, 0.717) is 12.2 Å². The highest BCUT2D eigenvalue weighted by atomic mass is 15.5. The zero-order chi connectivity index (χ0) is 10.7. The molecule has 0 aliphatic carbocycles. The van der Waals surface area contributed by atoms with Gasteiger partial charge in [-0.25, -0.2) is 0 Å². The Morgan fingerprint density at radius 1 is 1.40 bits per heavy atom. The van der Waals surface area contributed by atoms with Crippen molar-refractivity contribution in [2.45, 2.75) is 33.2 Å². The molecule has 0 aliphatic rings. The first kappa shape index (κ1) is 9.82. The highest BCUT2D eigenvalue weighted by Gasteiger charge is 2.08. The van der Waals surface area contributed by atoms with Crippen molar-refractivity contribution in [3.63, 3.8) is 0 Å². The first-order valence-electron chi connectivity index (χ1n) is 5.11. The topological polar surface area (TPSA) is 72.3 Å². The van der Waals surface area contributed by atoms with Crippen LogP contribution in [0.25, 0.3) is 0 Å². The highest BCUT2D eigenvalue weighted by molar-refractivity contribution is 5.14. The van der Waals surface area contributed by atoms with Gasteiger partial charge >= 0.3 is 0 Å². The van der Waals surface area contributed by atoms with Crippen LogP contribution in [0, 0.1) is 0 Å². The quantitative estimate of drug-likeness (QED) is 0.793. The molecule has 0 amide bonds. The Morgan fingerprint density at radius 3 is 2.87 bits per heavy atom. The van der Waals surface area contributed by atoms with Crippen LogP contribution >= 0.6 is 0 Å². The Labute approximate surface area is 87.7 Å². The molecule has 0 unspecified atom stereocenters. The Hall–Kier alpha value is -1.72. The predicted molar refractivity (Wildman–Crippen MR) is 54.3 cm³/mol. The highest BCUT2D eigenvalue weighted by Crippen LogP contribution is 2.08. The number of hydrogen-bond donors (Lipinski definition) is 1. The predicted octanol–water partition coefficient (Wildman–Crippen LogP) is 0.569. The van der Waals surface area contributed by atoms with E-state index in [9.17, 15) is 0 Å². The van der Waals surface area contributed by atoms with E-state index in [1.165, 1.54) is 0 Å². The summed E-state index contributed by atoms with van der Waals surface area (Å²) >= 11 is 0. The van der Waals surface area contributed by atoms with Crippen molar-refractivity contribution in [3.05, 3.63) is 23.3 Å². The second-order valence-corrected chi connectivity index (χ2v) is 3.30. The molecule has 0 bridgehead atoms. The number of nitrogens with one attached hydrogen (secondary N) is 1. The molecule has 15 heavy (non-hydrogen) atoms. The summed E-state index contributed by atoms with van der Waals surface area (Å²) in [4.78, 5) is 0. The van der Waals surface area contributed by atoms with Crippen LogP contribution in [-0.2, 0) is 19.4 Å². The maximum atomic E-state index is 4.46. The standard InChI is InChI=1S/C9H14N6/c1-3-7-5-8(15(4-2)12-7)6-9-10-13-14-11-9/h5H,3-4,6H2,1-2H3,(H,10,11,13,14). The van der Waals surface area contributed by atoms with Crippen molar-refractivity contribution >= 4 is 0 Å². The number of rotatable bonds is 4. The first-order chi connectivity index (χ1) is 7.33. The second kappa shape index (κ2) is 4.20. The zero-order valence-electron chi connectivity index (χ0n) is 8.93. The second-order valence-electron chi connectivity index (χ2n) is 3.30. The number of aromatic amines is 1. The molecular formula is C9H14N6. The number of nitrogens with zero attached hydrogens (tertiary/aromatic N) is 5. The van der Waals surface area contributed by atoms with E-state index in [1.54, 1.807) is 0 Å². The van der Waals surface area contributed by atoms with Crippen LogP contribution in [0.4, 0.5) is 0 Å². The SMILES string of the molecule is CCc1cc(Cc2nn[nH]n2)n(CC)n1. The van der Waals surface area contributed by atoms with Gasteiger partial charge in [-0.3, -0.25) is 4.68 Å². The van der Waals surface area contributed by atoms with Gasteiger partial charge in [0.05, 0.1) is 12.1 Å². The Morgan fingerprint density at radius 2 is 2.27 bits per heavy atom. The monoisotopic (exact) mass is 206 g/mol. The minimum Gasteiger partial charge on any atom is -0.269 e. The molecule has 2 rings (SSSR count). The van der Waals surface area contributed by atoms with E-state index >= 15 is 0 Å². The maximum absolute atomic E-state index is 4.46. The van der Waals surface area contributed by atoms with Gasteiger partial charge in [-0.2, -0.15) is 10.3 Å². The molecule has 2 heterocycles. The van der Waals surface area contributed by atoms with Crippen LogP contribution in [-0.4, -0.2) is 30.4 Å². The summed E-state index contributed by atoms with van der Waals surface area (Å²) in [6.45, 7) is 5.04. The molecule has 0 saturated carbocycles. The molecule has 0 fully saturated rings. The van der Waals surface area contributed by atoms with Crippen LogP contribution in [0.3, 0.4) is 0 Å².